The van der Waals surface area contributed by atoms with Crippen LogP contribution in [0.25, 0.3) is 0 Å². The molecule has 3 heteroatoms. The molecular weight excluding hydrogens is 210 g/mol. The number of nitrogens with two attached hydrogens (primary N) is 1. The van der Waals surface area contributed by atoms with Crippen molar-refractivity contribution in [2.75, 3.05) is 33.2 Å². The van der Waals surface area contributed by atoms with Gasteiger partial charge in [0.2, 0.25) is 0 Å². The zero-order valence-corrected chi connectivity index (χ0v) is 11.8. The zero-order chi connectivity index (χ0) is 12.5. The average molecular weight is 239 g/mol. The molecular formula is C14H29N3. The predicted octanol–water partition coefficient (Wildman–Crippen LogP) is 1.53. The maximum absolute atomic E-state index is 6.18. The summed E-state index contributed by atoms with van der Waals surface area (Å²) < 4.78 is 0. The van der Waals surface area contributed by atoms with Gasteiger partial charge in [0.05, 0.1) is 0 Å². The molecule has 2 N–H and O–H groups in total. The van der Waals surface area contributed by atoms with Crippen LogP contribution in [0, 0.1) is 5.92 Å². The van der Waals surface area contributed by atoms with Gasteiger partial charge in [-0.05, 0) is 52.1 Å². The minimum atomic E-state index is 0.296. The summed E-state index contributed by atoms with van der Waals surface area (Å²) in [6.45, 7) is 9.19. The highest BCUT2D eigenvalue weighted by atomic mass is 15.3. The molecule has 17 heavy (non-hydrogen) atoms. The lowest BCUT2D eigenvalue weighted by Crippen LogP contribution is -2.59. The third kappa shape index (κ3) is 2.51. The van der Waals surface area contributed by atoms with Crippen molar-refractivity contribution in [3.8, 4) is 0 Å². The Hall–Kier alpha value is -0.120. The van der Waals surface area contributed by atoms with Crippen molar-refractivity contribution in [2.24, 2.45) is 11.7 Å². The molecule has 1 heterocycles. The number of nitrogens with zero attached hydrogens (tertiary/aromatic N) is 2. The molecule has 2 rings (SSSR count). The van der Waals surface area contributed by atoms with Gasteiger partial charge in [-0.15, -0.1) is 0 Å². The Morgan fingerprint density at radius 3 is 2.53 bits per heavy atom. The molecule has 1 saturated carbocycles. The van der Waals surface area contributed by atoms with Crippen LogP contribution in [0.3, 0.4) is 0 Å². The lowest BCUT2D eigenvalue weighted by Gasteiger charge is -2.46. The number of hydrogen-bond acceptors (Lipinski definition) is 3. The maximum Gasteiger partial charge on any atom is 0.0360 e. The molecule has 2 atom stereocenters. The second kappa shape index (κ2) is 5.25. The molecule has 1 saturated heterocycles. The SMILES string of the molecule is CCC(CN)(C1CC1)N1CCCN(C)CC1C. The van der Waals surface area contributed by atoms with Crippen LogP contribution in [0.1, 0.15) is 39.5 Å². The Morgan fingerprint density at radius 2 is 2.00 bits per heavy atom. The standard InChI is InChI=1S/C14H29N3/c1-4-14(11-15,13-6-7-13)17-9-5-8-16(3)10-12(17)2/h12-13H,4-11,15H2,1-3H3. The molecule has 2 fully saturated rings. The first-order valence-electron chi connectivity index (χ1n) is 7.29. The summed E-state index contributed by atoms with van der Waals surface area (Å²) in [4.78, 5) is 5.21. The minimum Gasteiger partial charge on any atom is -0.329 e. The molecule has 0 bridgehead atoms. The first-order chi connectivity index (χ1) is 8.14. The number of hydrogen-bond donors (Lipinski definition) is 1. The van der Waals surface area contributed by atoms with Gasteiger partial charge in [0.25, 0.3) is 0 Å². The van der Waals surface area contributed by atoms with E-state index >= 15 is 0 Å². The quantitative estimate of drug-likeness (QED) is 0.807. The summed E-state index contributed by atoms with van der Waals surface area (Å²) >= 11 is 0. The monoisotopic (exact) mass is 239 g/mol. The largest absolute Gasteiger partial charge is 0.329 e. The van der Waals surface area contributed by atoms with Crippen molar-refractivity contribution >= 4 is 0 Å². The van der Waals surface area contributed by atoms with E-state index in [1.165, 1.54) is 45.3 Å². The van der Waals surface area contributed by atoms with E-state index in [0.717, 1.165) is 12.5 Å². The summed E-state index contributed by atoms with van der Waals surface area (Å²) in [5.41, 5.74) is 6.48. The lowest BCUT2D eigenvalue weighted by molar-refractivity contribution is 0.0350. The van der Waals surface area contributed by atoms with Crippen LogP contribution in [0.15, 0.2) is 0 Å². The second-order valence-electron chi connectivity index (χ2n) is 6.09. The van der Waals surface area contributed by atoms with Crippen LogP contribution < -0.4 is 5.73 Å². The van der Waals surface area contributed by atoms with Gasteiger partial charge in [-0.3, -0.25) is 4.90 Å². The first-order valence-corrected chi connectivity index (χ1v) is 7.29. The molecule has 100 valence electrons. The van der Waals surface area contributed by atoms with Crippen molar-refractivity contribution in [1.29, 1.82) is 0 Å². The van der Waals surface area contributed by atoms with Gasteiger partial charge in [-0.2, -0.15) is 0 Å². The van der Waals surface area contributed by atoms with Crippen molar-refractivity contribution in [3.05, 3.63) is 0 Å². The summed E-state index contributed by atoms with van der Waals surface area (Å²) in [5.74, 6) is 0.864. The Bertz CT molecular complexity index is 246. The lowest BCUT2D eigenvalue weighted by atomic mass is 9.86. The fourth-order valence-corrected chi connectivity index (χ4v) is 3.81. The molecule has 2 unspecified atom stereocenters. The van der Waals surface area contributed by atoms with E-state index in [9.17, 15) is 0 Å². The highest BCUT2D eigenvalue weighted by molar-refractivity contribution is 5.04. The maximum atomic E-state index is 6.18. The number of likely N-dealkylation sites (N-methyl/N-ethyl adjacent to an activating group) is 1. The van der Waals surface area contributed by atoms with Gasteiger partial charge >= 0.3 is 0 Å². The first kappa shape index (κ1) is 13.3. The topological polar surface area (TPSA) is 32.5 Å². The Balaban J connectivity index is 2.16. The highest BCUT2D eigenvalue weighted by Crippen LogP contribution is 2.45. The summed E-state index contributed by atoms with van der Waals surface area (Å²) in [6, 6.07) is 0.645. The van der Waals surface area contributed by atoms with Gasteiger partial charge in [0, 0.05) is 31.2 Å². The van der Waals surface area contributed by atoms with E-state index in [2.05, 4.69) is 30.7 Å². The minimum absolute atomic E-state index is 0.296. The van der Waals surface area contributed by atoms with Crippen molar-refractivity contribution < 1.29 is 0 Å². The number of rotatable bonds is 4. The van der Waals surface area contributed by atoms with Crippen LogP contribution in [0.5, 0.6) is 0 Å². The molecule has 1 aliphatic heterocycles. The molecule has 3 nitrogen and oxygen atoms in total. The van der Waals surface area contributed by atoms with E-state index in [4.69, 9.17) is 5.73 Å². The van der Waals surface area contributed by atoms with E-state index in [-0.39, 0.29) is 0 Å². The third-order valence-electron chi connectivity index (χ3n) is 4.92. The van der Waals surface area contributed by atoms with Crippen LogP contribution in [-0.4, -0.2) is 54.6 Å². The van der Waals surface area contributed by atoms with Crippen molar-refractivity contribution in [3.63, 3.8) is 0 Å². The summed E-state index contributed by atoms with van der Waals surface area (Å²) in [5, 5.41) is 0. The fourth-order valence-electron chi connectivity index (χ4n) is 3.81. The van der Waals surface area contributed by atoms with Crippen molar-refractivity contribution in [1.82, 2.24) is 9.80 Å². The van der Waals surface area contributed by atoms with Gasteiger partial charge in [-0.25, -0.2) is 0 Å². The zero-order valence-electron chi connectivity index (χ0n) is 11.8. The molecule has 1 aliphatic carbocycles. The molecule has 0 amide bonds. The van der Waals surface area contributed by atoms with E-state index in [1.807, 2.05) is 0 Å². The van der Waals surface area contributed by atoms with Crippen LogP contribution in [-0.2, 0) is 0 Å². The normalized spacial score (nSPS) is 32.1. The smallest absolute Gasteiger partial charge is 0.0360 e. The van der Waals surface area contributed by atoms with Gasteiger partial charge in [-0.1, -0.05) is 6.92 Å². The molecule has 2 aliphatic rings. The van der Waals surface area contributed by atoms with Crippen LogP contribution in [0.4, 0.5) is 0 Å². The van der Waals surface area contributed by atoms with E-state index in [0.29, 0.717) is 11.6 Å². The Kier molecular flexibility index (Phi) is 4.11. The van der Waals surface area contributed by atoms with E-state index in [1.54, 1.807) is 0 Å². The van der Waals surface area contributed by atoms with Crippen LogP contribution >= 0.6 is 0 Å². The average Bonchev–Trinajstić information content (AvgIpc) is 3.12. The Labute approximate surface area is 106 Å². The third-order valence-corrected chi connectivity index (χ3v) is 4.92. The van der Waals surface area contributed by atoms with Gasteiger partial charge in [0.1, 0.15) is 0 Å². The fraction of sp³-hybridized carbons (Fsp3) is 1.00. The van der Waals surface area contributed by atoms with Gasteiger partial charge in [0.15, 0.2) is 0 Å². The van der Waals surface area contributed by atoms with Crippen LogP contribution in [0.2, 0.25) is 0 Å². The predicted molar refractivity (Wildman–Crippen MR) is 73.1 cm³/mol. The van der Waals surface area contributed by atoms with E-state index < -0.39 is 0 Å². The molecule has 0 radical (unpaired) electrons. The second-order valence-corrected chi connectivity index (χ2v) is 6.09. The summed E-state index contributed by atoms with van der Waals surface area (Å²) in [6.07, 6.45) is 5.28. The van der Waals surface area contributed by atoms with Gasteiger partial charge < -0.3 is 10.6 Å². The molecule has 0 aromatic rings. The Morgan fingerprint density at radius 1 is 1.29 bits per heavy atom. The molecule has 0 aromatic carbocycles. The molecule has 0 aromatic heterocycles. The van der Waals surface area contributed by atoms with Crippen molar-refractivity contribution in [2.45, 2.75) is 51.1 Å². The summed E-state index contributed by atoms with van der Waals surface area (Å²) in [7, 11) is 2.24. The highest BCUT2D eigenvalue weighted by Gasteiger charge is 2.48. The molecule has 0 spiro atoms.